The summed E-state index contributed by atoms with van der Waals surface area (Å²) in [7, 11) is 0. The number of carbonyl (C=O) groups is 3. The Labute approximate surface area is 235 Å². The minimum Gasteiger partial charge on any atom is -0.371 e. The maximum Gasteiger partial charge on any atom is 0.249 e. The zero-order valence-electron chi connectivity index (χ0n) is 24.9. The second-order valence-corrected chi connectivity index (χ2v) is 12.5. The minimum atomic E-state index is -0.641. The van der Waals surface area contributed by atoms with Crippen LogP contribution >= 0.6 is 0 Å². The number of nitrogens with one attached hydrogen (secondary N) is 1. The van der Waals surface area contributed by atoms with Crippen LogP contribution in [0.1, 0.15) is 97.5 Å². The fourth-order valence-corrected chi connectivity index (χ4v) is 6.83. The molecule has 0 aliphatic carbocycles. The van der Waals surface area contributed by atoms with E-state index in [-0.39, 0.29) is 24.1 Å². The van der Waals surface area contributed by atoms with Crippen LogP contribution in [0.2, 0.25) is 0 Å². The number of likely N-dealkylation sites (tertiary alicyclic amines) is 1. The molecular weight excluding hydrogens is 488 g/mol. The number of rotatable bonds is 11. The molecule has 1 aromatic rings. The van der Waals surface area contributed by atoms with Crippen LogP contribution in [0.25, 0.3) is 0 Å². The highest BCUT2D eigenvalue weighted by molar-refractivity contribution is 6.07. The number of benzene rings is 1. The van der Waals surface area contributed by atoms with Gasteiger partial charge >= 0.3 is 0 Å². The molecule has 7 heteroatoms. The Hall–Kier alpha value is -2.41. The van der Waals surface area contributed by atoms with Crippen LogP contribution in [0.15, 0.2) is 18.2 Å². The van der Waals surface area contributed by atoms with E-state index in [1.165, 1.54) is 63.7 Å². The average molecular weight is 539 g/mol. The van der Waals surface area contributed by atoms with Crippen molar-refractivity contribution in [2.24, 2.45) is 11.3 Å². The fourth-order valence-electron chi connectivity index (χ4n) is 6.83. The van der Waals surface area contributed by atoms with E-state index in [2.05, 4.69) is 48.0 Å². The van der Waals surface area contributed by atoms with Crippen molar-refractivity contribution in [2.75, 3.05) is 36.0 Å². The van der Waals surface area contributed by atoms with Gasteiger partial charge in [-0.25, -0.2) is 0 Å². The van der Waals surface area contributed by atoms with Crippen LogP contribution in [0.4, 0.5) is 11.4 Å². The fraction of sp³-hybridized carbons (Fsp3) is 0.719. The lowest BCUT2D eigenvalue weighted by Gasteiger charge is -2.57. The molecule has 3 unspecified atom stereocenters. The molecule has 0 radical (unpaired) electrons. The van der Waals surface area contributed by atoms with Crippen LogP contribution < -0.4 is 15.1 Å². The van der Waals surface area contributed by atoms with E-state index in [0.29, 0.717) is 18.3 Å². The summed E-state index contributed by atoms with van der Waals surface area (Å²) < 4.78 is 0. The summed E-state index contributed by atoms with van der Waals surface area (Å²) >= 11 is 0. The first-order valence-electron chi connectivity index (χ1n) is 15.5. The SMILES string of the molecule is CCCC(CCC(C)CC)N1CC2(CCN(c3ccc(N(C(=O)CC)C4CCC(=O)NC4=O)c(C)c3)CC2)C1. The van der Waals surface area contributed by atoms with E-state index >= 15 is 0 Å². The van der Waals surface area contributed by atoms with E-state index < -0.39 is 6.04 Å². The molecule has 1 aromatic carbocycles. The minimum absolute atomic E-state index is 0.0969. The van der Waals surface area contributed by atoms with Gasteiger partial charge in [0.25, 0.3) is 0 Å². The molecule has 216 valence electrons. The number of aryl methyl sites for hydroxylation is 1. The second kappa shape index (κ2) is 12.8. The number of hydrogen-bond acceptors (Lipinski definition) is 5. The smallest absolute Gasteiger partial charge is 0.249 e. The van der Waals surface area contributed by atoms with Crippen LogP contribution in [-0.4, -0.2) is 60.9 Å². The number of amides is 3. The standard InChI is InChI=1S/C32H50N4O3/c1-6-9-25(11-10-23(4)7-2)35-21-32(22-35)16-18-34(19-17-32)26-12-13-27(24(5)20-26)36(30(38)8-3)28-14-15-29(37)33-31(28)39/h12-13,20,23,25,28H,6-11,14-19,21-22H2,1-5H3,(H,33,37,39). The lowest BCUT2D eigenvalue weighted by Crippen LogP contribution is -2.63. The number of hydrogen-bond donors (Lipinski definition) is 1. The molecule has 39 heavy (non-hydrogen) atoms. The summed E-state index contributed by atoms with van der Waals surface area (Å²) in [6, 6.07) is 6.36. The summed E-state index contributed by atoms with van der Waals surface area (Å²) in [5.41, 5.74) is 3.41. The highest BCUT2D eigenvalue weighted by atomic mass is 16.2. The van der Waals surface area contributed by atoms with Gasteiger partial charge < -0.3 is 4.90 Å². The van der Waals surface area contributed by atoms with Gasteiger partial charge in [0.05, 0.1) is 0 Å². The van der Waals surface area contributed by atoms with Gasteiger partial charge in [-0.1, -0.05) is 40.5 Å². The maximum absolute atomic E-state index is 12.9. The second-order valence-electron chi connectivity index (χ2n) is 12.5. The lowest BCUT2D eigenvalue weighted by molar-refractivity contribution is -0.135. The zero-order chi connectivity index (χ0) is 28.2. The van der Waals surface area contributed by atoms with E-state index in [9.17, 15) is 14.4 Å². The Morgan fingerprint density at radius 3 is 2.41 bits per heavy atom. The molecule has 4 rings (SSSR count). The quantitative estimate of drug-likeness (QED) is 0.380. The van der Waals surface area contributed by atoms with Crippen molar-refractivity contribution in [1.29, 1.82) is 0 Å². The van der Waals surface area contributed by atoms with Crippen molar-refractivity contribution in [3.05, 3.63) is 23.8 Å². The summed E-state index contributed by atoms with van der Waals surface area (Å²) in [6.07, 6.45) is 9.93. The zero-order valence-corrected chi connectivity index (χ0v) is 24.9. The predicted octanol–water partition coefficient (Wildman–Crippen LogP) is 5.44. The molecule has 3 heterocycles. The third kappa shape index (κ3) is 6.67. The summed E-state index contributed by atoms with van der Waals surface area (Å²) in [4.78, 5) is 44.1. The van der Waals surface area contributed by atoms with Gasteiger partial charge in [-0.2, -0.15) is 0 Å². The Morgan fingerprint density at radius 2 is 1.82 bits per heavy atom. The Bertz CT molecular complexity index is 1020. The maximum atomic E-state index is 12.9. The van der Waals surface area contributed by atoms with Gasteiger partial charge in [0.1, 0.15) is 6.04 Å². The highest BCUT2D eigenvalue weighted by Gasteiger charge is 2.46. The van der Waals surface area contributed by atoms with E-state index in [4.69, 9.17) is 0 Å². The molecule has 0 aromatic heterocycles. The topological polar surface area (TPSA) is 73.0 Å². The van der Waals surface area contributed by atoms with Gasteiger partial charge in [-0.15, -0.1) is 0 Å². The monoisotopic (exact) mass is 538 g/mol. The third-order valence-electron chi connectivity index (χ3n) is 9.63. The van der Waals surface area contributed by atoms with Crippen LogP contribution in [-0.2, 0) is 14.4 Å². The van der Waals surface area contributed by atoms with Crippen molar-refractivity contribution >= 4 is 29.1 Å². The largest absolute Gasteiger partial charge is 0.371 e. The molecule has 3 fully saturated rings. The number of imide groups is 1. The number of piperidine rings is 2. The molecule has 3 atom stereocenters. The first-order chi connectivity index (χ1) is 18.7. The van der Waals surface area contributed by atoms with Crippen molar-refractivity contribution in [1.82, 2.24) is 10.2 Å². The molecule has 7 nitrogen and oxygen atoms in total. The first kappa shape index (κ1) is 29.6. The Morgan fingerprint density at radius 1 is 1.10 bits per heavy atom. The predicted molar refractivity (Wildman–Crippen MR) is 158 cm³/mol. The van der Waals surface area contributed by atoms with Gasteiger partial charge in [-0.3, -0.25) is 29.5 Å². The summed E-state index contributed by atoms with van der Waals surface area (Å²) in [6.45, 7) is 15.5. The number of carbonyl (C=O) groups excluding carboxylic acids is 3. The molecule has 1 N–H and O–H groups in total. The summed E-state index contributed by atoms with van der Waals surface area (Å²) in [5, 5.41) is 2.41. The molecule has 1 spiro atoms. The normalized spacial score (nSPS) is 22.8. The van der Waals surface area contributed by atoms with E-state index in [0.717, 1.165) is 36.3 Å². The van der Waals surface area contributed by atoms with Crippen molar-refractivity contribution in [3.8, 4) is 0 Å². The van der Waals surface area contributed by atoms with E-state index in [1.807, 2.05) is 19.9 Å². The Balaban J connectivity index is 1.37. The molecule has 3 saturated heterocycles. The number of nitrogens with zero attached hydrogens (tertiary/aromatic N) is 3. The lowest BCUT2D eigenvalue weighted by atomic mass is 9.70. The van der Waals surface area contributed by atoms with Gasteiger partial charge in [0.2, 0.25) is 17.7 Å². The molecule has 3 amide bonds. The number of anilines is 2. The highest BCUT2D eigenvalue weighted by Crippen LogP contribution is 2.44. The Kier molecular flexibility index (Phi) is 9.73. The summed E-state index contributed by atoms with van der Waals surface area (Å²) in [5.74, 6) is 0.0827. The molecule has 0 saturated carbocycles. The molecule has 0 bridgehead atoms. The van der Waals surface area contributed by atoms with Crippen molar-refractivity contribution in [3.63, 3.8) is 0 Å². The average Bonchev–Trinajstić information content (AvgIpc) is 2.91. The third-order valence-corrected chi connectivity index (χ3v) is 9.63. The van der Waals surface area contributed by atoms with Gasteiger partial charge in [0.15, 0.2) is 0 Å². The van der Waals surface area contributed by atoms with Crippen LogP contribution in [0.3, 0.4) is 0 Å². The van der Waals surface area contributed by atoms with Gasteiger partial charge in [0, 0.05) is 56.4 Å². The van der Waals surface area contributed by atoms with Crippen molar-refractivity contribution in [2.45, 2.75) is 111 Å². The first-order valence-corrected chi connectivity index (χ1v) is 15.5. The van der Waals surface area contributed by atoms with Gasteiger partial charge in [-0.05, 0) is 80.5 Å². The van der Waals surface area contributed by atoms with E-state index in [1.54, 1.807) is 4.90 Å². The molecule has 3 aliphatic rings. The van der Waals surface area contributed by atoms with Crippen LogP contribution in [0.5, 0.6) is 0 Å². The molecular formula is C32H50N4O3. The van der Waals surface area contributed by atoms with Crippen LogP contribution in [0, 0.1) is 18.3 Å². The molecule has 3 aliphatic heterocycles. The van der Waals surface area contributed by atoms with Crippen molar-refractivity contribution < 1.29 is 14.4 Å².